The van der Waals surface area contributed by atoms with Crippen LogP contribution in [0.4, 0.5) is 11.4 Å². The van der Waals surface area contributed by atoms with Gasteiger partial charge in [0.2, 0.25) is 0 Å². The Morgan fingerprint density at radius 1 is 1.25 bits per heavy atom. The number of aryl methyl sites for hydroxylation is 1. The predicted molar refractivity (Wildman–Crippen MR) is 79.9 cm³/mol. The summed E-state index contributed by atoms with van der Waals surface area (Å²) in [5.41, 5.74) is 1.20. The first-order valence-corrected chi connectivity index (χ1v) is 6.58. The zero-order valence-corrected chi connectivity index (χ0v) is 12.2. The first kappa shape index (κ1) is 14.2. The smallest absolute Gasteiger partial charge is 0.282 e. The average Bonchev–Trinajstić information content (AvgIpc) is 2.38. The summed E-state index contributed by atoms with van der Waals surface area (Å²) in [5, 5.41) is 13.6. The lowest BCUT2D eigenvalue weighted by Gasteiger charge is -2.07. The van der Waals surface area contributed by atoms with Crippen molar-refractivity contribution in [3.63, 3.8) is 0 Å². The van der Waals surface area contributed by atoms with Crippen molar-refractivity contribution in [3.05, 3.63) is 68.2 Å². The third-order valence-electron chi connectivity index (χ3n) is 2.68. The second-order valence-electron chi connectivity index (χ2n) is 4.24. The van der Waals surface area contributed by atoms with E-state index in [1.165, 1.54) is 12.1 Å². The number of hydrogen-bond donors (Lipinski definition) is 1. The normalized spacial score (nSPS) is 10.1. The number of benzene rings is 2. The molecule has 0 aliphatic carbocycles. The van der Waals surface area contributed by atoms with Gasteiger partial charge in [-0.3, -0.25) is 14.9 Å². The van der Waals surface area contributed by atoms with Gasteiger partial charge in [0.1, 0.15) is 5.56 Å². The Bertz CT molecular complexity index is 686. The van der Waals surface area contributed by atoms with Gasteiger partial charge in [0.15, 0.2) is 0 Å². The summed E-state index contributed by atoms with van der Waals surface area (Å²) in [7, 11) is 0. The lowest BCUT2D eigenvalue weighted by atomic mass is 10.1. The number of nitro groups is 1. The van der Waals surface area contributed by atoms with Crippen LogP contribution >= 0.6 is 15.9 Å². The van der Waals surface area contributed by atoms with E-state index in [1.807, 2.05) is 6.07 Å². The Balaban J connectivity index is 2.34. The van der Waals surface area contributed by atoms with Gasteiger partial charge >= 0.3 is 0 Å². The standard InChI is InChI=1S/C14H11BrN2O3/c1-9-5-6-13(17(19)20)12(7-9)14(18)16-11-4-2-3-10(15)8-11/h2-8H,1H3,(H,16,18). The van der Waals surface area contributed by atoms with Crippen molar-refractivity contribution in [3.8, 4) is 0 Å². The van der Waals surface area contributed by atoms with Gasteiger partial charge in [-0.25, -0.2) is 0 Å². The molecule has 2 aromatic carbocycles. The van der Waals surface area contributed by atoms with Crippen molar-refractivity contribution >= 4 is 33.2 Å². The molecule has 0 heterocycles. The van der Waals surface area contributed by atoms with Gasteiger partial charge in [-0.2, -0.15) is 0 Å². The molecule has 1 amide bonds. The summed E-state index contributed by atoms with van der Waals surface area (Å²) in [6, 6.07) is 11.5. The molecular formula is C14H11BrN2O3. The molecule has 0 aromatic heterocycles. The third kappa shape index (κ3) is 3.21. The van der Waals surface area contributed by atoms with Gasteiger partial charge in [-0.1, -0.05) is 28.1 Å². The van der Waals surface area contributed by atoms with Crippen LogP contribution in [-0.4, -0.2) is 10.8 Å². The van der Waals surface area contributed by atoms with Crippen LogP contribution in [0.2, 0.25) is 0 Å². The van der Waals surface area contributed by atoms with Gasteiger partial charge in [0, 0.05) is 16.2 Å². The van der Waals surface area contributed by atoms with E-state index in [0.717, 1.165) is 10.0 Å². The molecule has 0 bridgehead atoms. The Kier molecular flexibility index (Phi) is 4.14. The molecule has 0 unspecified atom stereocenters. The summed E-state index contributed by atoms with van der Waals surface area (Å²) in [6.45, 7) is 1.78. The Labute approximate surface area is 123 Å². The Morgan fingerprint density at radius 3 is 2.65 bits per heavy atom. The first-order chi connectivity index (χ1) is 9.47. The molecule has 0 saturated carbocycles. The summed E-state index contributed by atoms with van der Waals surface area (Å²) < 4.78 is 0.814. The van der Waals surface area contributed by atoms with E-state index in [9.17, 15) is 14.9 Å². The number of nitro benzene ring substituents is 1. The van der Waals surface area contributed by atoms with E-state index in [-0.39, 0.29) is 11.3 Å². The van der Waals surface area contributed by atoms with Gasteiger partial charge in [0.05, 0.1) is 4.92 Å². The maximum absolute atomic E-state index is 12.2. The van der Waals surface area contributed by atoms with Crippen molar-refractivity contribution in [2.45, 2.75) is 6.92 Å². The molecule has 0 aliphatic rings. The first-order valence-electron chi connectivity index (χ1n) is 5.79. The fourth-order valence-corrected chi connectivity index (χ4v) is 2.15. The average molecular weight is 335 g/mol. The monoisotopic (exact) mass is 334 g/mol. The van der Waals surface area contributed by atoms with Gasteiger partial charge in [-0.15, -0.1) is 0 Å². The Morgan fingerprint density at radius 2 is 2.00 bits per heavy atom. The topological polar surface area (TPSA) is 72.2 Å². The number of amides is 1. The van der Waals surface area contributed by atoms with E-state index in [2.05, 4.69) is 21.2 Å². The van der Waals surface area contributed by atoms with Gasteiger partial charge in [-0.05, 0) is 36.8 Å². The van der Waals surface area contributed by atoms with Crippen molar-refractivity contribution in [2.75, 3.05) is 5.32 Å². The maximum Gasteiger partial charge on any atom is 0.282 e. The Hall–Kier alpha value is -2.21. The van der Waals surface area contributed by atoms with Crippen LogP contribution in [0.25, 0.3) is 0 Å². The highest BCUT2D eigenvalue weighted by Crippen LogP contribution is 2.22. The molecule has 2 aromatic rings. The minimum Gasteiger partial charge on any atom is -0.322 e. The molecule has 1 N–H and O–H groups in total. The summed E-state index contributed by atoms with van der Waals surface area (Å²) in [6.07, 6.45) is 0. The molecule has 6 heteroatoms. The number of anilines is 1. The zero-order valence-electron chi connectivity index (χ0n) is 10.6. The van der Waals surface area contributed by atoms with Crippen LogP contribution in [0.15, 0.2) is 46.9 Å². The molecule has 2 rings (SSSR count). The van der Waals surface area contributed by atoms with Gasteiger partial charge < -0.3 is 5.32 Å². The molecular weight excluding hydrogens is 324 g/mol. The van der Waals surface area contributed by atoms with Crippen molar-refractivity contribution in [1.29, 1.82) is 0 Å². The van der Waals surface area contributed by atoms with Gasteiger partial charge in [0.25, 0.3) is 11.6 Å². The molecule has 0 spiro atoms. The van der Waals surface area contributed by atoms with E-state index >= 15 is 0 Å². The molecule has 0 saturated heterocycles. The zero-order chi connectivity index (χ0) is 14.7. The number of nitrogens with zero attached hydrogens (tertiary/aromatic N) is 1. The molecule has 0 aliphatic heterocycles. The summed E-state index contributed by atoms with van der Waals surface area (Å²) >= 11 is 3.30. The number of carbonyl (C=O) groups excluding carboxylic acids is 1. The minimum absolute atomic E-state index is 0.0509. The van der Waals surface area contributed by atoms with Crippen LogP contribution in [0.1, 0.15) is 15.9 Å². The fraction of sp³-hybridized carbons (Fsp3) is 0.0714. The van der Waals surface area contributed by atoms with E-state index < -0.39 is 10.8 Å². The molecule has 0 fully saturated rings. The second-order valence-corrected chi connectivity index (χ2v) is 5.16. The highest BCUT2D eigenvalue weighted by Gasteiger charge is 2.20. The van der Waals surface area contributed by atoms with Crippen LogP contribution in [-0.2, 0) is 0 Å². The minimum atomic E-state index is -0.560. The van der Waals surface area contributed by atoms with Crippen molar-refractivity contribution < 1.29 is 9.72 Å². The van der Waals surface area contributed by atoms with Crippen molar-refractivity contribution in [1.82, 2.24) is 0 Å². The number of carbonyl (C=O) groups is 1. The SMILES string of the molecule is Cc1ccc([N+](=O)[O-])c(C(=O)Nc2cccc(Br)c2)c1. The number of hydrogen-bond acceptors (Lipinski definition) is 3. The highest BCUT2D eigenvalue weighted by molar-refractivity contribution is 9.10. The largest absolute Gasteiger partial charge is 0.322 e. The second kappa shape index (κ2) is 5.83. The number of nitrogens with one attached hydrogen (secondary N) is 1. The lowest BCUT2D eigenvalue weighted by molar-refractivity contribution is -0.385. The van der Waals surface area contributed by atoms with Crippen molar-refractivity contribution in [2.24, 2.45) is 0 Å². The molecule has 0 atom stereocenters. The molecule has 5 nitrogen and oxygen atoms in total. The van der Waals surface area contributed by atoms with E-state index in [1.54, 1.807) is 31.2 Å². The third-order valence-corrected chi connectivity index (χ3v) is 3.17. The maximum atomic E-state index is 12.2. The molecule has 102 valence electrons. The molecule has 0 radical (unpaired) electrons. The highest BCUT2D eigenvalue weighted by atomic mass is 79.9. The quantitative estimate of drug-likeness (QED) is 0.683. The summed E-state index contributed by atoms with van der Waals surface area (Å²) in [5.74, 6) is -0.501. The lowest BCUT2D eigenvalue weighted by Crippen LogP contribution is -2.14. The van der Waals surface area contributed by atoms with Crippen LogP contribution in [0.3, 0.4) is 0 Å². The van der Waals surface area contributed by atoms with E-state index in [4.69, 9.17) is 0 Å². The fourth-order valence-electron chi connectivity index (χ4n) is 1.76. The number of rotatable bonds is 3. The predicted octanol–water partition coefficient (Wildman–Crippen LogP) is 3.92. The van der Waals surface area contributed by atoms with Crippen LogP contribution in [0, 0.1) is 17.0 Å². The van der Waals surface area contributed by atoms with E-state index in [0.29, 0.717) is 5.69 Å². The molecule has 20 heavy (non-hydrogen) atoms. The summed E-state index contributed by atoms with van der Waals surface area (Å²) in [4.78, 5) is 22.6. The number of halogens is 1. The van der Waals surface area contributed by atoms with Crippen LogP contribution in [0.5, 0.6) is 0 Å². The van der Waals surface area contributed by atoms with Crippen LogP contribution < -0.4 is 5.32 Å².